The molecular formula is C72H66O14. The van der Waals surface area contributed by atoms with Gasteiger partial charge in [0.15, 0.2) is 13.6 Å². The highest BCUT2D eigenvalue weighted by molar-refractivity contribution is 6.09. The van der Waals surface area contributed by atoms with Gasteiger partial charge in [0.25, 0.3) is 0 Å². The molecule has 0 amide bonds. The summed E-state index contributed by atoms with van der Waals surface area (Å²) in [7, 11) is 0. The molecule has 10 aromatic rings. The smallest absolute Gasteiger partial charge is 0.230 e. The van der Waals surface area contributed by atoms with Gasteiger partial charge in [-0.1, -0.05) is 123 Å². The first-order valence-electron chi connectivity index (χ1n) is 28.5. The summed E-state index contributed by atoms with van der Waals surface area (Å²) in [6.45, 7) is 8.76. The Morgan fingerprint density at radius 2 is 0.535 bits per heavy atom. The molecule has 14 nitrogen and oxygen atoms in total. The fourth-order valence-corrected chi connectivity index (χ4v) is 10.0. The monoisotopic (exact) mass is 1150 g/mol. The predicted molar refractivity (Wildman–Crippen MR) is 329 cm³/mol. The zero-order chi connectivity index (χ0) is 58.4. The fourth-order valence-electron chi connectivity index (χ4n) is 10.0. The van der Waals surface area contributed by atoms with Crippen molar-refractivity contribution in [3.8, 4) is 90.9 Å². The van der Waals surface area contributed by atoms with Crippen molar-refractivity contribution in [2.45, 2.75) is 13.8 Å². The van der Waals surface area contributed by atoms with Gasteiger partial charge in [-0.25, -0.2) is 0 Å². The predicted octanol–water partition coefficient (Wildman–Crippen LogP) is 15.4. The van der Waals surface area contributed by atoms with Crippen LogP contribution in [0.25, 0.3) is 54.9 Å². The summed E-state index contributed by atoms with van der Waals surface area (Å²) in [6, 6.07) is 70.9. The van der Waals surface area contributed by atoms with Crippen LogP contribution < -0.4 is 47.4 Å². The Morgan fingerprint density at radius 1 is 0.279 bits per heavy atom. The molecule has 86 heavy (non-hydrogen) atoms. The van der Waals surface area contributed by atoms with Gasteiger partial charge in [-0.3, -0.25) is 0 Å². The van der Waals surface area contributed by atoms with Gasteiger partial charge < -0.3 is 66.3 Å². The first-order valence-corrected chi connectivity index (χ1v) is 28.5. The van der Waals surface area contributed by atoms with Gasteiger partial charge in [0.1, 0.15) is 57.5 Å². The molecule has 12 rings (SSSR count). The average Bonchev–Trinajstić information content (AvgIpc) is 1.40. The second kappa shape index (κ2) is 27.1. The maximum absolute atomic E-state index is 6.55. The third-order valence-electron chi connectivity index (χ3n) is 14.9. The van der Waals surface area contributed by atoms with Crippen LogP contribution in [-0.2, 0) is 18.9 Å². The molecule has 2 saturated heterocycles. The number of hydrogen-bond acceptors (Lipinski definition) is 14. The van der Waals surface area contributed by atoms with Crippen LogP contribution >= 0.6 is 0 Å². The fraction of sp³-hybridized carbons (Fsp3) is 0.222. The molecule has 0 bridgehead atoms. The first kappa shape index (κ1) is 57.0. The molecule has 0 aromatic heterocycles. The Labute approximate surface area is 500 Å². The molecule has 14 heteroatoms. The Bertz CT molecular complexity index is 3540. The highest BCUT2D eigenvalue weighted by Gasteiger charge is 2.34. The Morgan fingerprint density at radius 3 is 0.814 bits per heavy atom. The lowest BCUT2D eigenvalue weighted by molar-refractivity contribution is -0.151. The highest BCUT2D eigenvalue weighted by Crippen LogP contribution is 2.46. The van der Waals surface area contributed by atoms with Crippen molar-refractivity contribution in [3.63, 3.8) is 0 Å². The molecule has 2 fully saturated rings. The molecule has 2 aliphatic rings. The molecule has 0 aliphatic carbocycles. The van der Waals surface area contributed by atoms with Gasteiger partial charge in [0.2, 0.25) is 27.2 Å². The Balaban J connectivity index is 0.623. The summed E-state index contributed by atoms with van der Waals surface area (Å²) in [5, 5.41) is 4.13. The van der Waals surface area contributed by atoms with Crippen molar-refractivity contribution in [3.05, 3.63) is 218 Å². The lowest BCUT2D eigenvalue weighted by Gasteiger charge is -2.37. The minimum Gasteiger partial charge on any atom is -0.468 e. The first-order chi connectivity index (χ1) is 42.3. The summed E-state index contributed by atoms with van der Waals surface area (Å²) < 4.78 is 82.3. The second-order valence-corrected chi connectivity index (χ2v) is 21.8. The second-order valence-electron chi connectivity index (χ2n) is 21.8. The Hall–Kier alpha value is -9.44. The summed E-state index contributed by atoms with van der Waals surface area (Å²) >= 11 is 0. The zero-order valence-corrected chi connectivity index (χ0v) is 48.0. The van der Waals surface area contributed by atoms with Crippen LogP contribution in [0.4, 0.5) is 0 Å². The van der Waals surface area contributed by atoms with E-state index in [0.717, 1.165) is 81.4 Å². The quantitative estimate of drug-likeness (QED) is 0.0326. The molecular weight excluding hydrogens is 1090 g/mol. The van der Waals surface area contributed by atoms with Gasteiger partial charge in [-0.15, -0.1) is 0 Å². The number of benzene rings is 10. The van der Waals surface area contributed by atoms with Crippen LogP contribution in [-0.4, -0.2) is 80.4 Å². The standard InChI is InChI=1S/C72H66O14/c1-71(39-73-40-71)43-75-45-77-61-29-33-63(34-30-61)81-47-79-57-21-11-51(12-22-57)53-15-25-59(26-16-53)83-49-85-67-37-19-55-7-3-5-9-65(55)69(67)70-66-10-6-4-8-56(66)20-38-68(70)86-50-84-60-27-17-54(18-28-60)52-13-23-58(24-14-52)80-48-82-64-35-31-62(32-36-64)78-46-76-44-72(2)41-74-42-72/h3-38H,39-50H2,1-2H3. The van der Waals surface area contributed by atoms with E-state index >= 15 is 0 Å². The molecule has 10 aromatic carbocycles. The van der Waals surface area contributed by atoms with Crippen LogP contribution in [0, 0.1) is 10.8 Å². The normalized spacial score (nSPS) is 13.8. The van der Waals surface area contributed by atoms with E-state index in [2.05, 4.69) is 50.2 Å². The zero-order valence-electron chi connectivity index (χ0n) is 48.0. The van der Waals surface area contributed by atoms with E-state index in [0.29, 0.717) is 70.7 Å². The SMILES string of the molecule is CC1(COCOc2ccc(OCOc3ccc(-c4ccc(OCOc5ccc6ccccc6c5-c5c(OCOc6ccc(-c7ccc(OCOc8ccc(OCOCC9(C)COC9)cc8)cc7)cc6)ccc6ccccc56)cc4)cc3)cc2)COC1. The Kier molecular flexibility index (Phi) is 17.9. The minimum absolute atomic E-state index is 0.0321. The van der Waals surface area contributed by atoms with Crippen molar-refractivity contribution in [1.29, 1.82) is 0 Å². The van der Waals surface area contributed by atoms with Gasteiger partial charge in [0, 0.05) is 22.0 Å². The van der Waals surface area contributed by atoms with E-state index in [9.17, 15) is 0 Å². The van der Waals surface area contributed by atoms with E-state index in [-0.39, 0.29) is 51.6 Å². The number of ether oxygens (including phenoxy) is 14. The number of hydrogen-bond donors (Lipinski definition) is 0. The molecule has 2 heterocycles. The molecule has 438 valence electrons. The van der Waals surface area contributed by atoms with Crippen molar-refractivity contribution < 1.29 is 66.3 Å². The van der Waals surface area contributed by atoms with Crippen LogP contribution in [0.1, 0.15) is 13.8 Å². The lowest BCUT2D eigenvalue weighted by atomic mass is 9.90. The molecule has 0 unspecified atom stereocenters. The maximum Gasteiger partial charge on any atom is 0.230 e. The third-order valence-corrected chi connectivity index (χ3v) is 14.9. The maximum atomic E-state index is 6.55. The largest absolute Gasteiger partial charge is 0.468 e. The minimum atomic E-state index is -0.0321. The van der Waals surface area contributed by atoms with E-state index in [4.69, 9.17) is 66.3 Å². The molecule has 0 radical (unpaired) electrons. The topological polar surface area (TPSA) is 129 Å². The van der Waals surface area contributed by atoms with Crippen LogP contribution in [0.2, 0.25) is 0 Å². The summed E-state index contributed by atoms with van der Waals surface area (Å²) in [6.07, 6.45) is 0. The highest BCUT2D eigenvalue weighted by atomic mass is 16.7. The number of rotatable bonds is 29. The summed E-state index contributed by atoms with van der Waals surface area (Å²) in [5.74, 6) is 6.72. The van der Waals surface area contributed by atoms with Crippen LogP contribution in [0.5, 0.6) is 57.5 Å². The average molecular weight is 1160 g/mol. The van der Waals surface area contributed by atoms with Crippen LogP contribution in [0.15, 0.2) is 218 Å². The van der Waals surface area contributed by atoms with E-state index in [1.807, 2.05) is 182 Å². The van der Waals surface area contributed by atoms with Crippen molar-refractivity contribution in [2.24, 2.45) is 10.8 Å². The van der Waals surface area contributed by atoms with E-state index in [1.165, 1.54) is 0 Å². The van der Waals surface area contributed by atoms with Crippen LogP contribution in [0.3, 0.4) is 0 Å². The molecule has 0 N–H and O–H groups in total. The van der Waals surface area contributed by atoms with Gasteiger partial charge >= 0.3 is 0 Å². The lowest BCUT2D eigenvalue weighted by Crippen LogP contribution is -2.43. The number of fused-ring (bicyclic) bond motifs is 2. The van der Waals surface area contributed by atoms with Crippen molar-refractivity contribution in [2.75, 3.05) is 80.4 Å². The molecule has 0 spiro atoms. The molecule has 0 atom stereocenters. The van der Waals surface area contributed by atoms with Gasteiger partial charge in [-0.05, 0) is 153 Å². The van der Waals surface area contributed by atoms with Gasteiger partial charge in [-0.2, -0.15) is 0 Å². The van der Waals surface area contributed by atoms with Crippen molar-refractivity contribution in [1.82, 2.24) is 0 Å². The summed E-state index contributed by atoms with van der Waals surface area (Å²) in [4.78, 5) is 0. The van der Waals surface area contributed by atoms with E-state index in [1.54, 1.807) is 0 Å². The molecule has 2 aliphatic heterocycles. The van der Waals surface area contributed by atoms with Crippen molar-refractivity contribution >= 4 is 21.5 Å². The summed E-state index contributed by atoms with van der Waals surface area (Å²) in [5.41, 5.74) is 6.04. The van der Waals surface area contributed by atoms with E-state index < -0.39 is 0 Å². The van der Waals surface area contributed by atoms with Gasteiger partial charge in [0.05, 0.1) is 39.6 Å². The third kappa shape index (κ3) is 14.5. The molecule has 0 saturated carbocycles.